The zero-order chi connectivity index (χ0) is 28.8. The first-order valence-corrected chi connectivity index (χ1v) is 15.4. The highest BCUT2D eigenvalue weighted by Crippen LogP contribution is 2.59. The van der Waals surface area contributed by atoms with E-state index in [4.69, 9.17) is 0 Å². The van der Waals surface area contributed by atoms with Gasteiger partial charge in [0, 0.05) is 20.0 Å². The van der Waals surface area contributed by atoms with Gasteiger partial charge in [0.25, 0.3) is 0 Å². The van der Waals surface area contributed by atoms with Crippen molar-refractivity contribution >= 4 is 74.1 Å². The van der Waals surface area contributed by atoms with Crippen LogP contribution >= 0.6 is 30.2 Å². The molecule has 0 nitrogen and oxygen atoms in total. The average Bonchev–Trinajstić information content (AvgIpc) is 3.61. The maximum atomic E-state index is 12.9. The normalized spacial score (nSPS) is 12.9. The van der Waals surface area contributed by atoms with Gasteiger partial charge in [0.1, 0.15) is 0 Å². The number of alkyl halides is 6. The second kappa shape index (κ2) is 10.7. The summed E-state index contributed by atoms with van der Waals surface area (Å²) >= 11 is 3.30. The Morgan fingerprint density at radius 1 is 0.512 bits per heavy atom. The summed E-state index contributed by atoms with van der Waals surface area (Å²) in [6.45, 7) is 0. The Morgan fingerprint density at radius 3 is 1.32 bits per heavy atom. The summed E-state index contributed by atoms with van der Waals surface area (Å²) < 4.78 is 79.7. The molecule has 0 N–H and O–H groups in total. The molecule has 0 saturated carbocycles. The zero-order valence-corrected chi connectivity index (χ0v) is 23.5. The van der Waals surface area contributed by atoms with Gasteiger partial charge in [0.2, 0.25) is 0 Å². The minimum Gasteiger partial charge on any atom is -0.166 e. The fourth-order valence-corrected chi connectivity index (χ4v) is 10.2. The van der Waals surface area contributed by atoms with Crippen LogP contribution in [-0.4, -0.2) is 0 Å². The van der Waals surface area contributed by atoms with E-state index in [1.54, 1.807) is 22.7 Å². The van der Waals surface area contributed by atoms with Crippen molar-refractivity contribution in [1.82, 2.24) is 0 Å². The highest BCUT2D eigenvalue weighted by Gasteiger charge is 2.30. The number of thiophene rings is 2. The van der Waals surface area contributed by atoms with Gasteiger partial charge >= 0.3 is 12.4 Å². The number of hydrogen-bond donors (Lipinski definition) is 0. The third-order valence-electron chi connectivity index (χ3n) is 6.52. The molecule has 9 heteroatoms. The van der Waals surface area contributed by atoms with Crippen molar-refractivity contribution in [2.24, 2.45) is 0 Å². The molecule has 0 fully saturated rings. The van der Waals surface area contributed by atoms with E-state index < -0.39 is 31.0 Å². The molecule has 0 aliphatic heterocycles. The van der Waals surface area contributed by atoms with Gasteiger partial charge in [-0.25, -0.2) is 0 Å². The van der Waals surface area contributed by atoms with E-state index in [9.17, 15) is 26.3 Å². The molecular formula is C32H19F6PS2. The largest absolute Gasteiger partial charge is 0.416 e. The Balaban J connectivity index is 1.36. The summed E-state index contributed by atoms with van der Waals surface area (Å²) in [5.41, 5.74) is 0.0204. The van der Waals surface area contributed by atoms with Crippen LogP contribution in [0.5, 0.6) is 0 Å². The van der Waals surface area contributed by atoms with Gasteiger partial charge < -0.3 is 0 Å². The Kier molecular flexibility index (Phi) is 7.18. The van der Waals surface area contributed by atoms with Gasteiger partial charge in [-0.05, 0) is 65.0 Å². The zero-order valence-electron chi connectivity index (χ0n) is 21.0. The molecular weight excluding hydrogens is 593 g/mol. The lowest BCUT2D eigenvalue weighted by Crippen LogP contribution is -2.03. The third kappa shape index (κ3) is 5.78. The second-order valence-corrected chi connectivity index (χ2v) is 13.6. The SMILES string of the molecule is FC(F)(F)c1ccc(/C=C/c2cc3c(s2)c2sc(/C=C/c4ccc(C(F)(F)F)cc4)cc2p3-c2ccccc2)cc1. The van der Waals surface area contributed by atoms with Crippen LogP contribution in [0, 0.1) is 0 Å². The van der Waals surface area contributed by atoms with E-state index >= 15 is 0 Å². The van der Waals surface area contributed by atoms with E-state index in [0.29, 0.717) is 11.1 Å². The van der Waals surface area contributed by atoms with E-state index in [1.807, 2.05) is 42.5 Å². The van der Waals surface area contributed by atoms with Crippen molar-refractivity contribution in [2.75, 3.05) is 0 Å². The van der Waals surface area contributed by atoms with Crippen molar-refractivity contribution in [3.8, 4) is 5.30 Å². The van der Waals surface area contributed by atoms with Crippen LogP contribution in [0.25, 0.3) is 49.2 Å². The first kappa shape index (κ1) is 27.6. The standard InChI is InChI=1S/C32H19F6PS2/c33-31(34,35)22-12-6-20(7-13-22)10-16-25-18-27-29(40-25)30-28(39(27)24-4-2-1-3-5-24)19-26(41-30)17-11-21-8-14-23(15-9-21)32(36,37)38/h1-19H/b16-10+,17-11+. The van der Waals surface area contributed by atoms with Gasteiger partial charge in [-0.3, -0.25) is 0 Å². The highest BCUT2D eigenvalue weighted by atomic mass is 32.1. The lowest BCUT2D eigenvalue weighted by atomic mass is 10.1. The van der Waals surface area contributed by atoms with E-state index in [0.717, 1.165) is 34.0 Å². The first-order chi connectivity index (χ1) is 19.6. The number of benzene rings is 3. The fourth-order valence-electron chi connectivity index (χ4n) is 4.53. The molecule has 0 amide bonds. The monoisotopic (exact) mass is 612 g/mol. The molecule has 0 atom stereocenters. The maximum Gasteiger partial charge on any atom is 0.416 e. The molecule has 0 saturated heterocycles. The molecule has 3 heterocycles. The van der Waals surface area contributed by atoms with Crippen LogP contribution < -0.4 is 0 Å². The molecule has 6 rings (SSSR count). The van der Waals surface area contributed by atoms with Gasteiger partial charge in [0.05, 0.1) is 20.5 Å². The second-order valence-electron chi connectivity index (χ2n) is 9.30. The molecule has 0 aliphatic carbocycles. The summed E-state index contributed by atoms with van der Waals surface area (Å²) in [4.78, 5) is 2.03. The molecule has 3 aromatic heterocycles. The van der Waals surface area contributed by atoms with Crippen molar-refractivity contribution in [3.05, 3.63) is 123 Å². The molecule has 0 aliphatic rings. The quantitative estimate of drug-likeness (QED) is 0.170. The molecule has 206 valence electrons. The summed E-state index contributed by atoms with van der Waals surface area (Å²) in [7, 11) is -0.792. The number of hydrogen-bond acceptors (Lipinski definition) is 2. The fraction of sp³-hybridized carbons (Fsp3) is 0.0625. The predicted molar refractivity (Wildman–Crippen MR) is 162 cm³/mol. The Bertz CT molecular complexity index is 1760. The van der Waals surface area contributed by atoms with Gasteiger partial charge in [-0.2, -0.15) is 26.3 Å². The van der Waals surface area contributed by atoms with Crippen LogP contribution in [0.2, 0.25) is 0 Å². The first-order valence-electron chi connectivity index (χ1n) is 12.4. The summed E-state index contributed by atoms with van der Waals surface area (Å²) in [6.07, 6.45) is -1.23. The smallest absolute Gasteiger partial charge is 0.166 e. The minimum atomic E-state index is -4.37. The van der Waals surface area contributed by atoms with Crippen molar-refractivity contribution in [2.45, 2.75) is 12.4 Å². The van der Waals surface area contributed by atoms with Crippen molar-refractivity contribution < 1.29 is 26.3 Å². The Labute approximate surface area is 240 Å². The average molecular weight is 613 g/mol. The molecule has 0 spiro atoms. The minimum absolute atomic E-state index is 0.674. The Hall–Kier alpha value is -3.58. The predicted octanol–water partition coefficient (Wildman–Crippen LogP) is 12.5. The summed E-state index contributed by atoms with van der Waals surface area (Å²) in [5, 5.41) is 3.72. The lowest BCUT2D eigenvalue weighted by molar-refractivity contribution is -0.138. The topological polar surface area (TPSA) is 0 Å². The number of halogens is 6. The van der Waals surface area contributed by atoms with Crippen LogP contribution in [0.1, 0.15) is 32.0 Å². The molecule has 0 unspecified atom stereocenters. The van der Waals surface area contributed by atoms with Crippen LogP contribution in [-0.2, 0) is 12.4 Å². The Morgan fingerprint density at radius 2 is 0.927 bits per heavy atom. The van der Waals surface area contributed by atoms with Gasteiger partial charge in [-0.1, -0.05) is 74.3 Å². The maximum absolute atomic E-state index is 12.9. The molecule has 6 aromatic rings. The molecule has 0 bridgehead atoms. The van der Waals surface area contributed by atoms with E-state index in [-0.39, 0.29) is 0 Å². The summed E-state index contributed by atoms with van der Waals surface area (Å²) in [5.74, 6) is 0. The lowest BCUT2D eigenvalue weighted by Gasteiger charge is -2.05. The number of rotatable bonds is 5. The van der Waals surface area contributed by atoms with Crippen LogP contribution in [0.4, 0.5) is 26.3 Å². The summed E-state index contributed by atoms with van der Waals surface area (Å²) in [6, 6.07) is 24.8. The van der Waals surface area contributed by atoms with Crippen LogP contribution in [0.3, 0.4) is 0 Å². The van der Waals surface area contributed by atoms with E-state index in [1.165, 1.54) is 49.2 Å². The number of fused-ring (bicyclic) bond motifs is 3. The molecule has 0 radical (unpaired) electrons. The van der Waals surface area contributed by atoms with Crippen LogP contribution in [0.15, 0.2) is 91.0 Å². The van der Waals surface area contributed by atoms with Gasteiger partial charge in [-0.15, -0.1) is 22.7 Å². The van der Waals surface area contributed by atoms with Gasteiger partial charge in [0.15, 0.2) is 0 Å². The van der Waals surface area contributed by atoms with Crippen molar-refractivity contribution in [1.29, 1.82) is 0 Å². The highest BCUT2D eigenvalue weighted by molar-refractivity contribution is 7.69. The van der Waals surface area contributed by atoms with E-state index in [2.05, 4.69) is 24.3 Å². The molecule has 41 heavy (non-hydrogen) atoms. The molecule has 3 aromatic carbocycles. The third-order valence-corrected chi connectivity index (χ3v) is 11.7. The van der Waals surface area contributed by atoms with Crippen molar-refractivity contribution in [3.63, 3.8) is 0 Å².